The smallest absolute Gasteiger partial charge is 0.303 e. The van der Waals surface area contributed by atoms with E-state index >= 15 is 0 Å². The minimum Gasteiger partial charge on any atom is -0.481 e. The van der Waals surface area contributed by atoms with Crippen molar-refractivity contribution in [3.8, 4) is 0 Å². The molecule has 22 heavy (non-hydrogen) atoms. The number of carbonyl (C=O) groups is 3. The third-order valence-corrected chi connectivity index (χ3v) is 4.39. The topological polar surface area (TPSA) is 74.7 Å². The summed E-state index contributed by atoms with van der Waals surface area (Å²) in [4.78, 5) is 35.3. The molecule has 0 aliphatic carbocycles. The summed E-state index contributed by atoms with van der Waals surface area (Å²) in [6, 6.07) is 6.85. The van der Waals surface area contributed by atoms with Crippen LogP contribution in [-0.2, 0) is 9.59 Å². The van der Waals surface area contributed by atoms with Crippen LogP contribution >= 0.6 is 24.0 Å². The minimum absolute atomic E-state index is 0.00324. The average Bonchev–Trinajstić information content (AvgIpc) is 2.75. The summed E-state index contributed by atoms with van der Waals surface area (Å²) in [7, 11) is 0. The molecule has 1 saturated heterocycles. The van der Waals surface area contributed by atoms with Crippen LogP contribution in [0.3, 0.4) is 0 Å². The van der Waals surface area contributed by atoms with E-state index in [1.165, 1.54) is 16.7 Å². The monoisotopic (exact) mass is 335 g/mol. The predicted octanol–water partition coefficient (Wildman–Crippen LogP) is 2.57. The van der Waals surface area contributed by atoms with Crippen LogP contribution in [0.25, 0.3) is 6.08 Å². The van der Waals surface area contributed by atoms with Crippen molar-refractivity contribution in [3.63, 3.8) is 0 Å². The van der Waals surface area contributed by atoms with Crippen LogP contribution < -0.4 is 0 Å². The van der Waals surface area contributed by atoms with E-state index < -0.39 is 5.97 Å². The van der Waals surface area contributed by atoms with Crippen LogP contribution in [0.15, 0.2) is 29.2 Å². The summed E-state index contributed by atoms with van der Waals surface area (Å²) in [5.41, 5.74) is 1.37. The van der Waals surface area contributed by atoms with Gasteiger partial charge in [-0.05, 0) is 18.1 Å². The highest BCUT2D eigenvalue weighted by Crippen LogP contribution is 2.32. The van der Waals surface area contributed by atoms with E-state index in [1.807, 2.05) is 0 Å². The van der Waals surface area contributed by atoms with Crippen LogP contribution in [0.5, 0.6) is 0 Å². The van der Waals surface area contributed by atoms with Gasteiger partial charge in [-0.25, -0.2) is 0 Å². The Kier molecular flexibility index (Phi) is 5.46. The van der Waals surface area contributed by atoms with Crippen molar-refractivity contribution in [2.24, 2.45) is 0 Å². The van der Waals surface area contributed by atoms with Gasteiger partial charge in [-0.15, -0.1) is 0 Å². The first-order valence-electron chi connectivity index (χ1n) is 6.53. The van der Waals surface area contributed by atoms with E-state index in [1.54, 1.807) is 30.3 Å². The molecular weight excluding hydrogens is 322 g/mol. The maximum atomic E-state index is 12.3. The highest BCUT2D eigenvalue weighted by molar-refractivity contribution is 8.26. The first kappa shape index (κ1) is 16.4. The van der Waals surface area contributed by atoms with Crippen LogP contribution in [0.1, 0.15) is 28.8 Å². The van der Waals surface area contributed by atoms with Gasteiger partial charge in [0.05, 0.1) is 4.91 Å². The second-order valence-corrected chi connectivity index (χ2v) is 6.29. The second kappa shape index (κ2) is 7.33. The van der Waals surface area contributed by atoms with Gasteiger partial charge < -0.3 is 5.11 Å². The molecule has 0 aromatic heterocycles. The quantitative estimate of drug-likeness (QED) is 0.489. The lowest BCUT2D eigenvalue weighted by atomic mass is 10.1. The second-order valence-electron chi connectivity index (χ2n) is 4.62. The number of carboxylic acids is 1. The molecule has 1 aliphatic heterocycles. The van der Waals surface area contributed by atoms with Crippen LogP contribution in [-0.4, -0.2) is 39.0 Å². The number of amides is 1. The molecule has 1 N–H and O–H groups in total. The fraction of sp³-hybridized carbons (Fsp3) is 0.200. The van der Waals surface area contributed by atoms with Crippen molar-refractivity contribution in [2.45, 2.75) is 12.8 Å². The maximum absolute atomic E-state index is 12.3. The Morgan fingerprint density at radius 2 is 1.91 bits per heavy atom. The van der Waals surface area contributed by atoms with E-state index in [0.29, 0.717) is 27.8 Å². The highest BCUT2D eigenvalue weighted by atomic mass is 32.2. The molecule has 1 fully saturated rings. The van der Waals surface area contributed by atoms with E-state index in [9.17, 15) is 14.4 Å². The first-order valence-corrected chi connectivity index (χ1v) is 7.76. The first-order chi connectivity index (χ1) is 10.5. The molecule has 0 unspecified atom stereocenters. The summed E-state index contributed by atoms with van der Waals surface area (Å²) in [5, 5.41) is 8.63. The molecule has 1 amide bonds. The molecule has 114 valence electrons. The van der Waals surface area contributed by atoms with Gasteiger partial charge in [-0.2, -0.15) is 0 Å². The van der Waals surface area contributed by atoms with Gasteiger partial charge in [0.25, 0.3) is 5.91 Å². The molecule has 0 bridgehead atoms. The van der Waals surface area contributed by atoms with E-state index in [4.69, 9.17) is 17.3 Å². The molecule has 5 nitrogen and oxygen atoms in total. The van der Waals surface area contributed by atoms with Crippen molar-refractivity contribution in [2.75, 3.05) is 6.54 Å². The number of rotatable bonds is 6. The molecular formula is C15H13NO4S2. The van der Waals surface area contributed by atoms with Crippen molar-refractivity contribution in [3.05, 3.63) is 40.3 Å². The summed E-state index contributed by atoms with van der Waals surface area (Å²) in [6.07, 6.45) is 2.84. The molecule has 0 atom stereocenters. The number of aldehydes is 1. The summed E-state index contributed by atoms with van der Waals surface area (Å²) >= 11 is 6.36. The predicted molar refractivity (Wildman–Crippen MR) is 88.6 cm³/mol. The largest absolute Gasteiger partial charge is 0.481 e. The number of hydrogen-bond donors (Lipinski definition) is 1. The lowest BCUT2D eigenvalue weighted by molar-refractivity contribution is -0.137. The van der Waals surface area contributed by atoms with Gasteiger partial charge in [0.1, 0.15) is 10.6 Å². The Balaban J connectivity index is 2.07. The fourth-order valence-corrected chi connectivity index (χ4v) is 3.21. The SMILES string of the molecule is O=Cc1ccc(/C=C2\SC(=S)N(CCCC(=O)O)C2=O)cc1. The van der Waals surface area contributed by atoms with E-state index in [0.717, 1.165) is 11.8 Å². The van der Waals surface area contributed by atoms with E-state index in [2.05, 4.69) is 0 Å². The van der Waals surface area contributed by atoms with Gasteiger partial charge in [0, 0.05) is 18.5 Å². The zero-order chi connectivity index (χ0) is 16.1. The van der Waals surface area contributed by atoms with Crippen LogP contribution in [0, 0.1) is 0 Å². The maximum Gasteiger partial charge on any atom is 0.303 e. The Labute approximate surface area is 137 Å². The van der Waals surface area contributed by atoms with Gasteiger partial charge in [-0.1, -0.05) is 48.2 Å². The Morgan fingerprint density at radius 3 is 2.50 bits per heavy atom. The minimum atomic E-state index is -0.892. The standard InChI is InChI=1S/C15H13NO4S2/c17-9-11-5-3-10(4-6-11)8-12-14(20)16(15(21)22-12)7-1-2-13(18)19/h3-6,8-9H,1-2,7H2,(H,18,19)/b12-8-. The Bertz CT molecular complexity index is 652. The number of carboxylic acid groups (broad SMARTS) is 1. The number of aliphatic carboxylic acids is 1. The molecule has 1 aromatic rings. The van der Waals surface area contributed by atoms with Gasteiger partial charge in [-0.3, -0.25) is 19.3 Å². The molecule has 1 aromatic carbocycles. The molecule has 0 radical (unpaired) electrons. The zero-order valence-electron chi connectivity index (χ0n) is 11.5. The number of hydrogen-bond acceptors (Lipinski definition) is 5. The summed E-state index contributed by atoms with van der Waals surface area (Å²) in [6.45, 7) is 0.304. The summed E-state index contributed by atoms with van der Waals surface area (Å²) in [5.74, 6) is -1.10. The van der Waals surface area contributed by atoms with Crippen molar-refractivity contribution < 1.29 is 19.5 Å². The van der Waals surface area contributed by atoms with Gasteiger partial charge in [0.2, 0.25) is 0 Å². The molecule has 7 heteroatoms. The van der Waals surface area contributed by atoms with E-state index in [-0.39, 0.29) is 12.3 Å². The summed E-state index contributed by atoms with van der Waals surface area (Å²) < 4.78 is 0.436. The number of carbonyl (C=O) groups excluding carboxylic acids is 2. The van der Waals surface area contributed by atoms with Crippen LogP contribution in [0.4, 0.5) is 0 Å². The molecule has 1 aliphatic rings. The number of nitrogens with zero attached hydrogens (tertiary/aromatic N) is 1. The normalized spacial score (nSPS) is 16.4. The zero-order valence-corrected chi connectivity index (χ0v) is 13.2. The van der Waals surface area contributed by atoms with Crippen LogP contribution in [0.2, 0.25) is 0 Å². The molecule has 0 spiro atoms. The van der Waals surface area contributed by atoms with Gasteiger partial charge in [0.15, 0.2) is 0 Å². The molecule has 0 saturated carbocycles. The number of thiocarbonyl (C=S) groups is 1. The molecule has 2 rings (SSSR count). The lowest BCUT2D eigenvalue weighted by Gasteiger charge is -2.13. The third-order valence-electron chi connectivity index (χ3n) is 3.02. The third kappa shape index (κ3) is 4.02. The fourth-order valence-electron chi connectivity index (χ4n) is 1.90. The number of benzene rings is 1. The average molecular weight is 335 g/mol. The van der Waals surface area contributed by atoms with Crippen molar-refractivity contribution in [1.29, 1.82) is 0 Å². The van der Waals surface area contributed by atoms with Crippen molar-refractivity contribution >= 4 is 52.5 Å². The Hall–Kier alpha value is -1.99. The van der Waals surface area contributed by atoms with Gasteiger partial charge >= 0.3 is 5.97 Å². The Morgan fingerprint density at radius 1 is 1.27 bits per heavy atom. The highest BCUT2D eigenvalue weighted by Gasteiger charge is 2.31. The van der Waals surface area contributed by atoms with Crippen molar-refractivity contribution in [1.82, 2.24) is 4.90 Å². The number of thioether (sulfide) groups is 1. The molecule has 1 heterocycles. The lowest BCUT2D eigenvalue weighted by Crippen LogP contribution is -2.29.